The minimum Gasteiger partial charge on any atom is -0.454 e. The summed E-state index contributed by atoms with van der Waals surface area (Å²) in [4.78, 5) is 28.8. The van der Waals surface area contributed by atoms with Crippen molar-refractivity contribution in [3.05, 3.63) is 88.1 Å². The van der Waals surface area contributed by atoms with Gasteiger partial charge in [-0.25, -0.2) is 4.79 Å². The summed E-state index contributed by atoms with van der Waals surface area (Å²) in [6, 6.07) is 20.9. The van der Waals surface area contributed by atoms with E-state index in [1.807, 2.05) is 72.1 Å². The number of Topliss-reactive ketones (excluding diaryl/α,β-unsaturated/α-hetero) is 1. The van der Waals surface area contributed by atoms with Crippen LogP contribution in [0, 0.1) is 5.92 Å². The highest BCUT2D eigenvalue weighted by Gasteiger charge is 2.36. The summed E-state index contributed by atoms with van der Waals surface area (Å²) in [5, 5.41) is 5.32. The predicted octanol–water partition coefficient (Wildman–Crippen LogP) is 4.57. The maximum Gasteiger partial charge on any atom is 0.333 e. The first kappa shape index (κ1) is 25.1. The summed E-state index contributed by atoms with van der Waals surface area (Å²) in [5.41, 5.74) is 2.55. The molecule has 2 aromatic carbocycles. The average Bonchev–Trinajstić information content (AvgIpc) is 3.38. The van der Waals surface area contributed by atoms with Crippen molar-refractivity contribution in [3.8, 4) is 0 Å². The predicted molar refractivity (Wildman–Crippen MR) is 141 cm³/mol. The number of carbonyl (C=O) groups excluding carboxylic acids is 2. The standard InChI is InChI=1S/C29H34N2O3S/c1-3-21-15-16-31(18-26(32)23-17-25(4-2)35-20-23)19-27(21)34-29(33)28(22-11-7-5-8-12-22)30-24-13-9-6-10-14-24/h5-14,17,20-21,27-28,30H,3-4,15-16,18-19H2,1-2H3/p+1/t21?,27-,28+/m0/s1. The van der Waals surface area contributed by atoms with E-state index in [1.54, 1.807) is 11.3 Å². The number of ether oxygens (including phenoxy) is 1. The second-order valence-electron chi connectivity index (χ2n) is 9.25. The zero-order valence-corrected chi connectivity index (χ0v) is 21.4. The van der Waals surface area contributed by atoms with Crippen LogP contribution in [-0.4, -0.2) is 37.5 Å². The number of quaternary nitrogens is 1. The Morgan fingerprint density at radius 2 is 1.80 bits per heavy atom. The summed E-state index contributed by atoms with van der Waals surface area (Å²) in [5.74, 6) is 0.198. The van der Waals surface area contributed by atoms with Crippen molar-refractivity contribution < 1.29 is 19.2 Å². The fraction of sp³-hybridized carbons (Fsp3) is 0.379. The van der Waals surface area contributed by atoms with Crippen LogP contribution >= 0.6 is 11.3 Å². The first-order valence-electron chi connectivity index (χ1n) is 12.6. The number of thiophene rings is 1. The lowest BCUT2D eigenvalue weighted by Crippen LogP contribution is -3.15. The topological polar surface area (TPSA) is 59.8 Å². The number of anilines is 1. The molecule has 0 radical (unpaired) electrons. The molecule has 0 bridgehead atoms. The molecule has 0 spiro atoms. The van der Waals surface area contributed by atoms with Crippen LogP contribution in [0.15, 0.2) is 72.1 Å². The van der Waals surface area contributed by atoms with Gasteiger partial charge in [0.25, 0.3) is 0 Å². The van der Waals surface area contributed by atoms with Gasteiger partial charge in [0.2, 0.25) is 5.78 Å². The van der Waals surface area contributed by atoms with Crippen LogP contribution in [0.3, 0.4) is 0 Å². The molecule has 0 amide bonds. The highest BCUT2D eigenvalue weighted by atomic mass is 32.1. The lowest BCUT2D eigenvalue weighted by atomic mass is 9.91. The van der Waals surface area contributed by atoms with Gasteiger partial charge in [0.15, 0.2) is 12.1 Å². The first-order valence-corrected chi connectivity index (χ1v) is 13.5. The molecule has 1 aromatic heterocycles. The minimum absolute atomic E-state index is 0.170. The third-order valence-corrected chi connectivity index (χ3v) is 7.95. The Morgan fingerprint density at radius 1 is 1.09 bits per heavy atom. The van der Waals surface area contributed by atoms with Gasteiger partial charge in [-0.2, -0.15) is 0 Å². The zero-order chi connectivity index (χ0) is 24.6. The quantitative estimate of drug-likeness (QED) is 0.322. The lowest BCUT2D eigenvalue weighted by molar-refractivity contribution is -0.901. The van der Waals surface area contributed by atoms with E-state index >= 15 is 0 Å². The van der Waals surface area contributed by atoms with E-state index < -0.39 is 6.04 Å². The molecule has 35 heavy (non-hydrogen) atoms. The second-order valence-corrected chi connectivity index (χ2v) is 10.2. The van der Waals surface area contributed by atoms with Gasteiger partial charge in [-0.05, 0) is 36.6 Å². The number of ketones is 1. The highest BCUT2D eigenvalue weighted by molar-refractivity contribution is 7.10. The van der Waals surface area contributed by atoms with Crippen molar-refractivity contribution in [1.29, 1.82) is 0 Å². The molecule has 2 N–H and O–H groups in total. The second kappa shape index (κ2) is 12.1. The van der Waals surface area contributed by atoms with Gasteiger partial charge < -0.3 is 15.0 Å². The molecule has 184 valence electrons. The number of piperidine rings is 1. The molecule has 3 aromatic rings. The minimum atomic E-state index is -0.596. The maximum absolute atomic E-state index is 13.5. The summed E-state index contributed by atoms with van der Waals surface area (Å²) in [6.07, 6.45) is 2.64. The van der Waals surface area contributed by atoms with Gasteiger partial charge in [-0.1, -0.05) is 62.4 Å². The van der Waals surface area contributed by atoms with Gasteiger partial charge in [0, 0.05) is 33.8 Å². The highest BCUT2D eigenvalue weighted by Crippen LogP contribution is 2.25. The summed E-state index contributed by atoms with van der Waals surface area (Å²) in [7, 11) is 0. The molecular weight excluding hydrogens is 456 g/mol. The van der Waals surface area contributed by atoms with Crippen LogP contribution in [0.5, 0.6) is 0 Å². The zero-order valence-electron chi connectivity index (χ0n) is 20.5. The fourth-order valence-corrected chi connectivity index (χ4v) is 5.62. The lowest BCUT2D eigenvalue weighted by Gasteiger charge is -2.35. The number of para-hydroxylation sites is 1. The SMILES string of the molecule is CCc1cc(C(=O)C[NH+]2CCC(CC)[C@@H](OC(=O)[C@H](Nc3ccccc3)c3ccccc3)C2)cs1. The van der Waals surface area contributed by atoms with Crippen molar-refractivity contribution in [2.75, 3.05) is 25.0 Å². The summed E-state index contributed by atoms with van der Waals surface area (Å²) < 4.78 is 6.19. The average molecular weight is 492 g/mol. The van der Waals surface area contributed by atoms with Crippen LogP contribution in [0.1, 0.15) is 53.5 Å². The molecule has 0 saturated carbocycles. The van der Waals surface area contributed by atoms with Gasteiger partial charge in [0.05, 0.1) is 6.54 Å². The molecule has 2 heterocycles. The fourth-order valence-electron chi connectivity index (χ4n) is 4.78. The number of rotatable bonds is 10. The molecule has 4 rings (SSSR count). The number of aryl methyl sites for hydroxylation is 1. The maximum atomic E-state index is 13.5. The van der Waals surface area contributed by atoms with Crippen molar-refractivity contribution >= 4 is 28.8 Å². The Morgan fingerprint density at radius 3 is 2.46 bits per heavy atom. The van der Waals surface area contributed by atoms with Crippen molar-refractivity contribution in [2.45, 2.75) is 45.3 Å². The monoisotopic (exact) mass is 491 g/mol. The summed E-state index contributed by atoms with van der Waals surface area (Å²) >= 11 is 1.65. The van der Waals surface area contributed by atoms with E-state index in [2.05, 4.69) is 19.2 Å². The molecule has 5 nitrogen and oxygen atoms in total. The largest absolute Gasteiger partial charge is 0.454 e. The summed E-state index contributed by atoms with van der Waals surface area (Å²) in [6.45, 7) is 6.28. The van der Waals surface area contributed by atoms with Crippen LogP contribution in [-0.2, 0) is 16.0 Å². The van der Waals surface area contributed by atoms with E-state index in [9.17, 15) is 9.59 Å². The molecule has 1 aliphatic rings. The molecule has 1 aliphatic heterocycles. The first-order chi connectivity index (χ1) is 17.1. The Kier molecular flexibility index (Phi) is 8.72. The number of hydrogen-bond donors (Lipinski definition) is 2. The van der Waals surface area contributed by atoms with Gasteiger partial charge in [-0.15, -0.1) is 11.3 Å². The number of esters is 1. The molecule has 1 fully saturated rings. The van der Waals surface area contributed by atoms with Crippen LogP contribution in [0.4, 0.5) is 5.69 Å². The van der Waals surface area contributed by atoms with Gasteiger partial charge in [-0.3, -0.25) is 4.79 Å². The number of nitrogens with one attached hydrogen (secondary N) is 2. The normalized spacial score (nSPS) is 20.7. The Bertz CT molecular complexity index is 1100. The third kappa shape index (κ3) is 6.59. The number of likely N-dealkylation sites (tertiary alicyclic amines) is 1. The molecule has 6 heteroatoms. The van der Waals surface area contributed by atoms with Crippen LogP contribution in [0.25, 0.3) is 0 Å². The van der Waals surface area contributed by atoms with Gasteiger partial charge >= 0.3 is 5.97 Å². The van der Waals surface area contributed by atoms with Crippen LogP contribution in [0.2, 0.25) is 0 Å². The molecule has 2 unspecified atom stereocenters. The number of hydrogen-bond acceptors (Lipinski definition) is 5. The van der Waals surface area contributed by atoms with E-state index in [1.165, 1.54) is 9.78 Å². The Labute approximate surface area is 212 Å². The van der Waals surface area contributed by atoms with Gasteiger partial charge in [0.1, 0.15) is 13.1 Å². The Hall–Kier alpha value is -2.96. The van der Waals surface area contributed by atoms with E-state index in [-0.39, 0.29) is 17.9 Å². The van der Waals surface area contributed by atoms with Crippen molar-refractivity contribution in [3.63, 3.8) is 0 Å². The van der Waals surface area contributed by atoms with E-state index in [0.717, 1.165) is 42.6 Å². The molecule has 0 aliphatic carbocycles. The Balaban J connectivity index is 1.45. The molecule has 4 atom stereocenters. The van der Waals surface area contributed by atoms with Crippen molar-refractivity contribution in [1.82, 2.24) is 0 Å². The van der Waals surface area contributed by atoms with Crippen molar-refractivity contribution in [2.24, 2.45) is 5.92 Å². The number of carbonyl (C=O) groups is 2. The van der Waals surface area contributed by atoms with Crippen LogP contribution < -0.4 is 10.2 Å². The molecule has 1 saturated heterocycles. The third-order valence-electron chi connectivity index (χ3n) is 6.86. The van der Waals surface area contributed by atoms with E-state index in [0.29, 0.717) is 19.0 Å². The number of benzene rings is 2. The van der Waals surface area contributed by atoms with E-state index in [4.69, 9.17) is 4.74 Å². The smallest absolute Gasteiger partial charge is 0.333 e. The molecular formula is C29H35N2O3S+.